The van der Waals surface area contributed by atoms with Crippen LogP contribution in [0.25, 0.3) is 0 Å². The highest BCUT2D eigenvalue weighted by atomic mass is 19.4. The molecule has 2 N–H and O–H groups in total. The molecule has 1 aromatic carbocycles. The van der Waals surface area contributed by atoms with Crippen molar-refractivity contribution in [2.75, 3.05) is 0 Å². The summed E-state index contributed by atoms with van der Waals surface area (Å²) in [5.41, 5.74) is 6.41. The first-order valence-corrected chi connectivity index (χ1v) is 6.34. The molecule has 0 bridgehead atoms. The lowest BCUT2D eigenvalue weighted by Gasteiger charge is -2.25. The molecule has 0 heterocycles. The van der Waals surface area contributed by atoms with Crippen molar-refractivity contribution in [1.29, 1.82) is 0 Å². The Morgan fingerprint density at radius 1 is 1.16 bits per heavy atom. The maximum absolute atomic E-state index is 12.7. The number of ether oxygens (including phenoxy) is 1. The van der Waals surface area contributed by atoms with Gasteiger partial charge in [0.2, 0.25) is 6.10 Å². The molecule has 3 atom stereocenters. The third-order valence-electron chi connectivity index (χ3n) is 3.12. The number of rotatable bonds is 5. The first-order chi connectivity index (χ1) is 8.75. The molecule has 0 radical (unpaired) electrons. The van der Waals surface area contributed by atoms with Gasteiger partial charge in [0, 0.05) is 6.04 Å². The third kappa shape index (κ3) is 4.42. The average molecular weight is 275 g/mol. The summed E-state index contributed by atoms with van der Waals surface area (Å²) in [7, 11) is 0. The van der Waals surface area contributed by atoms with Crippen LogP contribution in [0.5, 0.6) is 5.75 Å². The van der Waals surface area contributed by atoms with E-state index in [4.69, 9.17) is 10.5 Å². The Labute approximate surface area is 111 Å². The monoisotopic (exact) mass is 275 g/mol. The number of benzene rings is 1. The van der Waals surface area contributed by atoms with Gasteiger partial charge in [0.15, 0.2) is 0 Å². The zero-order valence-electron chi connectivity index (χ0n) is 11.4. The van der Waals surface area contributed by atoms with Crippen molar-refractivity contribution >= 4 is 0 Å². The van der Waals surface area contributed by atoms with Crippen molar-refractivity contribution in [2.24, 2.45) is 5.73 Å². The quantitative estimate of drug-likeness (QED) is 0.885. The molecule has 1 rings (SSSR count). The average Bonchev–Trinajstić information content (AvgIpc) is 2.34. The molecule has 3 unspecified atom stereocenters. The van der Waals surface area contributed by atoms with Crippen LogP contribution in [0.15, 0.2) is 24.3 Å². The summed E-state index contributed by atoms with van der Waals surface area (Å²) in [6, 6.07) is 5.58. The van der Waals surface area contributed by atoms with E-state index in [1.807, 2.05) is 0 Å². The van der Waals surface area contributed by atoms with Crippen molar-refractivity contribution in [2.45, 2.75) is 51.4 Å². The van der Waals surface area contributed by atoms with E-state index in [1.165, 1.54) is 6.92 Å². The molecule has 0 aliphatic carbocycles. The molecule has 0 aromatic heterocycles. The third-order valence-corrected chi connectivity index (χ3v) is 3.12. The fourth-order valence-corrected chi connectivity index (χ4v) is 1.73. The zero-order valence-corrected chi connectivity index (χ0v) is 11.4. The summed E-state index contributed by atoms with van der Waals surface area (Å²) < 4.78 is 43.1. The number of halogens is 3. The molecule has 0 fully saturated rings. The van der Waals surface area contributed by atoms with Crippen LogP contribution >= 0.6 is 0 Å². The van der Waals surface area contributed by atoms with Crippen molar-refractivity contribution < 1.29 is 17.9 Å². The minimum Gasteiger partial charge on any atom is -0.479 e. The standard InChI is InChI=1S/C14H20F3NO/c1-4-9(2)11-5-7-12(8-6-11)19-13(10(3)18)14(15,16)17/h5-10,13H,4,18H2,1-3H3. The van der Waals surface area contributed by atoms with Gasteiger partial charge in [-0.25, -0.2) is 0 Å². The number of hydrogen-bond acceptors (Lipinski definition) is 2. The van der Waals surface area contributed by atoms with E-state index >= 15 is 0 Å². The van der Waals surface area contributed by atoms with Gasteiger partial charge >= 0.3 is 6.18 Å². The Balaban J connectivity index is 2.81. The molecule has 108 valence electrons. The molecule has 1 aromatic rings. The van der Waals surface area contributed by atoms with Crippen LogP contribution in [0.2, 0.25) is 0 Å². The molecule has 0 aliphatic rings. The molecule has 0 amide bonds. The molecule has 2 nitrogen and oxygen atoms in total. The van der Waals surface area contributed by atoms with Gasteiger partial charge in [-0.1, -0.05) is 26.0 Å². The topological polar surface area (TPSA) is 35.2 Å². The van der Waals surface area contributed by atoms with Crippen LogP contribution in [-0.2, 0) is 0 Å². The second-order valence-electron chi connectivity index (χ2n) is 4.82. The normalized spacial score (nSPS) is 16.8. The van der Waals surface area contributed by atoms with Crippen LogP contribution < -0.4 is 10.5 Å². The molecular weight excluding hydrogens is 255 g/mol. The molecule has 5 heteroatoms. The van der Waals surface area contributed by atoms with E-state index in [2.05, 4.69) is 13.8 Å². The highest BCUT2D eigenvalue weighted by Crippen LogP contribution is 2.28. The SMILES string of the molecule is CCC(C)c1ccc(OC(C(C)N)C(F)(F)F)cc1. The predicted molar refractivity (Wildman–Crippen MR) is 69.3 cm³/mol. The largest absolute Gasteiger partial charge is 0.479 e. The zero-order chi connectivity index (χ0) is 14.6. The lowest BCUT2D eigenvalue weighted by molar-refractivity contribution is -0.199. The fraction of sp³-hybridized carbons (Fsp3) is 0.571. The van der Waals surface area contributed by atoms with E-state index in [1.54, 1.807) is 24.3 Å². The smallest absolute Gasteiger partial charge is 0.426 e. The second-order valence-corrected chi connectivity index (χ2v) is 4.82. The van der Waals surface area contributed by atoms with Crippen molar-refractivity contribution in [1.82, 2.24) is 0 Å². The van der Waals surface area contributed by atoms with E-state index < -0.39 is 18.3 Å². The first-order valence-electron chi connectivity index (χ1n) is 6.34. The maximum atomic E-state index is 12.7. The summed E-state index contributed by atoms with van der Waals surface area (Å²) in [5, 5.41) is 0. The van der Waals surface area contributed by atoms with Gasteiger partial charge in [0.25, 0.3) is 0 Å². The molecule has 0 spiro atoms. The minimum atomic E-state index is -4.47. The van der Waals surface area contributed by atoms with Crippen LogP contribution in [0.1, 0.15) is 38.7 Å². The number of hydrogen-bond donors (Lipinski definition) is 1. The minimum absolute atomic E-state index is 0.187. The Morgan fingerprint density at radius 3 is 2.05 bits per heavy atom. The van der Waals surface area contributed by atoms with Crippen molar-refractivity contribution in [3.05, 3.63) is 29.8 Å². The molecule has 0 aliphatic heterocycles. The first kappa shape index (κ1) is 15.8. The van der Waals surface area contributed by atoms with Gasteiger partial charge in [-0.3, -0.25) is 0 Å². The van der Waals surface area contributed by atoms with Crippen LogP contribution in [-0.4, -0.2) is 18.3 Å². The van der Waals surface area contributed by atoms with Gasteiger partial charge in [0.1, 0.15) is 5.75 Å². The Kier molecular flexibility index (Phi) is 5.23. The lowest BCUT2D eigenvalue weighted by atomic mass is 9.99. The van der Waals surface area contributed by atoms with E-state index in [0.29, 0.717) is 5.92 Å². The summed E-state index contributed by atoms with van der Waals surface area (Å²) in [6.07, 6.45) is -5.48. The van der Waals surface area contributed by atoms with Crippen molar-refractivity contribution in [3.8, 4) is 5.75 Å². The summed E-state index contributed by atoms with van der Waals surface area (Å²) in [4.78, 5) is 0. The highest BCUT2D eigenvalue weighted by molar-refractivity contribution is 5.29. The molecular formula is C14H20F3NO. The van der Waals surface area contributed by atoms with Crippen LogP contribution in [0, 0.1) is 0 Å². The Hall–Kier alpha value is -1.23. The Morgan fingerprint density at radius 2 is 1.68 bits per heavy atom. The van der Waals surface area contributed by atoms with Crippen molar-refractivity contribution in [3.63, 3.8) is 0 Å². The van der Waals surface area contributed by atoms with E-state index in [0.717, 1.165) is 12.0 Å². The number of nitrogens with two attached hydrogens (primary N) is 1. The van der Waals surface area contributed by atoms with Crippen LogP contribution in [0.4, 0.5) is 13.2 Å². The van der Waals surface area contributed by atoms with Gasteiger partial charge in [-0.2, -0.15) is 13.2 Å². The van der Waals surface area contributed by atoms with Gasteiger partial charge < -0.3 is 10.5 Å². The van der Waals surface area contributed by atoms with Gasteiger partial charge in [-0.05, 0) is 37.0 Å². The number of alkyl halides is 3. The van der Waals surface area contributed by atoms with Gasteiger partial charge in [0.05, 0.1) is 0 Å². The van der Waals surface area contributed by atoms with E-state index in [-0.39, 0.29) is 5.75 Å². The summed E-state index contributed by atoms with van der Waals surface area (Å²) >= 11 is 0. The molecule has 0 saturated heterocycles. The summed E-state index contributed by atoms with van der Waals surface area (Å²) in [6.45, 7) is 5.41. The maximum Gasteiger partial charge on any atom is 0.426 e. The fourth-order valence-electron chi connectivity index (χ4n) is 1.73. The van der Waals surface area contributed by atoms with Gasteiger partial charge in [-0.15, -0.1) is 0 Å². The predicted octanol–water partition coefficient (Wildman–Crippen LogP) is 3.86. The Bertz CT molecular complexity index is 387. The molecule has 19 heavy (non-hydrogen) atoms. The second kappa shape index (κ2) is 6.28. The lowest BCUT2D eigenvalue weighted by Crippen LogP contribution is -2.47. The summed E-state index contributed by atoms with van der Waals surface area (Å²) in [5.74, 6) is 0.563. The highest BCUT2D eigenvalue weighted by Gasteiger charge is 2.44. The van der Waals surface area contributed by atoms with E-state index in [9.17, 15) is 13.2 Å². The molecule has 0 saturated carbocycles. The van der Waals surface area contributed by atoms with Crippen LogP contribution in [0.3, 0.4) is 0 Å².